The summed E-state index contributed by atoms with van der Waals surface area (Å²) in [5.41, 5.74) is -0.318. The second kappa shape index (κ2) is 8.11. The number of aromatic amines is 1. The van der Waals surface area contributed by atoms with Crippen LogP contribution in [0, 0.1) is 0 Å². The van der Waals surface area contributed by atoms with Crippen molar-refractivity contribution in [2.75, 3.05) is 6.61 Å². The molecule has 3 rings (SSSR count). The van der Waals surface area contributed by atoms with Crippen LogP contribution in [-0.4, -0.2) is 28.2 Å². The molecule has 26 heavy (non-hydrogen) atoms. The van der Waals surface area contributed by atoms with Crippen LogP contribution in [0.4, 0.5) is 0 Å². The first-order valence-electron chi connectivity index (χ1n) is 7.76. The van der Waals surface area contributed by atoms with Gasteiger partial charge in [0.1, 0.15) is 12.7 Å². The van der Waals surface area contributed by atoms with Gasteiger partial charge in [0, 0.05) is 6.20 Å². The number of rotatable bonds is 5. The number of halogens is 1. The normalized spacial score (nSPS) is 19.1. The molecular formula is C18H15BrN2O5. The van der Waals surface area contributed by atoms with Crippen molar-refractivity contribution in [2.45, 2.75) is 12.3 Å². The molecule has 2 heterocycles. The highest BCUT2D eigenvalue weighted by atomic mass is 79.9. The molecule has 0 saturated heterocycles. The zero-order valence-corrected chi connectivity index (χ0v) is 15.1. The van der Waals surface area contributed by atoms with Gasteiger partial charge in [-0.3, -0.25) is 14.3 Å². The minimum absolute atomic E-state index is 0.0208. The Morgan fingerprint density at radius 1 is 1.27 bits per heavy atom. The molecule has 1 aliphatic rings. The van der Waals surface area contributed by atoms with Crippen molar-refractivity contribution in [3.8, 4) is 0 Å². The predicted molar refractivity (Wildman–Crippen MR) is 99.1 cm³/mol. The summed E-state index contributed by atoms with van der Waals surface area (Å²) in [6.45, 7) is 0.0208. The van der Waals surface area contributed by atoms with Gasteiger partial charge in [0.2, 0.25) is 0 Å². The van der Waals surface area contributed by atoms with E-state index in [1.165, 1.54) is 21.8 Å². The number of carbonyl (C=O) groups is 1. The molecule has 8 heteroatoms. The van der Waals surface area contributed by atoms with Gasteiger partial charge in [0.05, 0.1) is 11.1 Å². The highest BCUT2D eigenvalue weighted by Crippen LogP contribution is 2.20. The van der Waals surface area contributed by atoms with Crippen LogP contribution in [0.2, 0.25) is 0 Å². The van der Waals surface area contributed by atoms with Gasteiger partial charge in [0.25, 0.3) is 5.56 Å². The summed E-state index contributed by atoms with van der Waals surface area (Å²) in [5.74, 6) is -0.447. The monoisotopic (exact) mass is 418 g/mol. The van der Waals surface area contributed by atoms with E-state index in [0.717, 1.165) is 0 Å². The van der Waals surface area contributed by atoms with E-state index in [1.54, 1.807) is 36.4 Å². The molecule has 0 spiro atoms. The van der Waals surface area contributed by atoms with E-state index in [-0.39, 0.29) is 6.61 Å². The Bertz CT molecular complexity index is 962. The van der Waals surface area contributed by atoms with E-state index in [4.69, 9.17) is 9.47 Å². The molecule has 0 unspecified atom stereocenters. The van der Waals surface area contributed by atoms with Crippen molar-refractivity contribution in [3.63, 3.8) is 0 Å². The molecule has 1 aromatic carbocycles. The highest BCUT2D eigenvalue weighted by molar-refractivity contribution is 9.11. The lowest BCUT2D eigenvalue weighted by molar-refractivity contribution is -0.0223. The van der Waals surface area contributed by atoms with Crippen LogP contribution in [0.25, 0.3) is 6.08 Å². The van der Waals surface area contributed by atoms with Crippen LogP contribution in [0.15, 0.2) is 63.3 Å². The number of H-pyrrole nitrogens is 1. The predicted octanol–water partition coefficient (Wildman–Crippen LogP) is 2.21. The zero-order valence-electron chi connectivity index (χ0n) is 13.5. The first-order valence-corrected chi connectivity index (χ1v) is 8.68. The van der Waals surface area contributed by atoms with Crippen molar-refractivity contribution in [1.29, 1.82) is 0 Å². The van der Waals surface area contributed by atoms with E-state index in [1.807, 2.05) is 6.07 Å². The zero-order chi connectivity index (χ0) is 18.5. The van der Waals surface area contributed by atoms with Crippen molar-refractivity contribution < 1.29 is 14.3 Å². The average molecular weight is 419 g/mol. The van der Waals surface area contributed by atoms with Crippen molar-refractivity contribution >= 4 is 28.0 Å². The van der Waals surface area contributed by atoms with E-state index in [2.05, 4.69) is 20.9 Å². The summed E-state index contributed by atoms with van der Waals surface area (Å²) in [7, 11) is 0. The molecule has 0 radical (unpaired) electrons. The third-order valence-corrected chi connectivity index (χ3v) is 3.97. The summed E-state index contributed by atoms with van der Waals surface area (Å²) in [6.07, 6.45) is 5.13. The van der Waals surface area contributed by atoms with Crippen LogP contribution in [0.1, 0.15) is 22.1 Å². The Kier molecular flexibility index (Phi) is 5.65. The number of aromatic nitrogens is 2. The van der Waals surface area contributed by atoms with Crippen LogP contribution < -0.4 is 11.2 Å². The maximum atomic E-state index is 12.0. The maximum absolute atomic E-state index is 12.0. The van der Waals surface area contributed by atoms with E-state index < -0.39 is 29.6 Å². The standard InChI is InChI=1S/C18H15BrN2O5/c19-9-8-13-10-21(18(24)20-16(13)22)15-7-6-14(26-15)11-25-17(23)12-4-2-1-3-5-12/h1-10,14-15H,11H2,(H,20,22,24)/t14-,15+/m0/s1. The Hall–Kier alpha value is -2.71. The fourth-order valence-corrected chi connectivity index (χ4v) is 2.72. The van der Waals surface area contributed by atoms with Crippen LogP contribution >= 0.6 is 15.9 Å². The largest absolute Gasteiger partial charge is 0.459 e. The van der Waals surface area contributed by atoms with Crippen LogP contribution in [0.3, 0.4) is 0 Å². The first kappa shape index (κ1) is 18.1. The summed E-state index contributed by atoms with van der Waals surface area (Å²) < 4.78 is 12.2. The molecule has 7 nitrogen and oxygen atoms in total. The molecule has 2 atom stereocenters. The van der Waals surface area contributed by atoms with E-state index in [0.29, 0.717) is 11.1 Å². The van der Waals surface area contributed by atoms with Gasteiger partial charge in [-0.25, -0.2) is 9.59 Å². The van der Waals surface area contributed by atoms with Gasteiger partial charge < -0.3 is 9.47 Å². The molecule has 0 amide bonds. The van der Waals surface area contributed by atoms with E-state index in [9.17, 15) is 14.4 Å². The minimum atomic E-state index is -0.692. The van der Waals surface area contributed by atoms with Gasteiger partial charge in [0.15, 0.2) is 6.23 Å². The quantitative estimate of drug-likeness (QED) is 0.593. The third-order valence-electron chi connectivity index (χ3n) is 3.70. The molecular weight excluding hydrogens is 404 g/mol. The fraction of sp³-hybridized carbons (Fsp3) is 0.167. The number of nitrogens with one attached hydrogen (secondary N) is 1. The molecule has 1 aromatic heterocycles. The summed E-state index contributed by atoms with van der Waals surface area (Å²) in [4.78, 5) is 39.4. The number of hydrogen-bond acceptors (Lipinski definition) is 5. The summed E-state index contributed by atoms with van der Waals surface area (Å²) in [6, 6.07) is 8.63. The minimum Gasteiger partial charge on any atom is -0.459 e. The lowest BCUT2D eigenvalue weighted by Gasteiger charge is -2.16. The van der Waals surface area contributed by atoms with Crippen LogP contribution in [-0.2, 0) is 9.47 Å². The Balaban J connectivity index is 1.65. The second-order valence-electron chi connectivity index (χ2n) is 5.46. The molecule has 0 saturated carbocycles. The SMILES string of the molecule is O=C(OC[C@@H]1C=C[C@H](n2cc(C=CBr)c(=O)[nH]c2=O)O1)c1ccccc1. The number of carbonyl (C=O) groups excluding carboxylic acids is 1. The van der Waals surface area contributed by atoms with Crippen molar-refractivity contribution in [2.24, 2.45) is 0 Å². The lowest BCUT2D eigenvalue weighted by Crippen LogP contribution is -2.33. The van der Waals surface area contributed by atoms with Gasteiger partial charge >= 0.3 is 11.7 Å². The lowest BCUT2D eigenvalue weighted by atomic mass is 10.2. The number of esters is 1. The van der Waals surface area contributed by atoms with Crippen molar-refractivity contribution in [3.05, 3.63) is 85.6 Å². The summed E-state index contributed by atoms with van der Waals surface area (Å²) in [5, 5.41) is 0. The second-order valence-corrected chi connectivity index (χ2v) is 5.99. The van der Waals surface area contributed by atoms with Crippen LogP contribution in [0.5, 0.6) is 0 Å². The highest BCUT2D eigenvalue weighted by Gasteiger charge is 2.23. The van der Waals surface area contributed by atoms with Crippen molar-refractivity contribution in [1.82, 2.24) is 9.55 Å². The number of nitrogens with zero attached hydrogens (tertiary/aromatic N) is 1. The van der Waals surface area contributed by atoms with Gasteiger partial charge in [-0.05, 0) is 29.3 Å². The smallest absolute Gasteiger partial charge is 0.338 e. The van der Waals surface area contributed by atoms with Gasteiger partial charge in [-0.1, -0.05) is 40.2 Å². The van der Waals surface area contributed by atoms with E-state index >= 15 is 0 Å². The molecule has 1 N–H and O–H groups in total. The molecule has 2 aromatic rings. The molecule has 1 aliphatic heterocycles. The average Bonchev–Trinajstić information content (AvgIpc) is 3.11. The molecule has 0 fully saturated rings. The topological polar surface area (TPSA) is 90.4 Å². The van der Waals surface area contributed by atoms with Gasteiger partial charge in [-0.15, -0.1) is 0 Å². The fourth-order valence-electron chi connectivity index (χ4n) is 2.43. The molecule has 134 valence electrons. The molecule has 0 bridgehead atoms. The Morgan fingerprint density at radius 3 is 2.77 bits per heavy atom. The third kappa shape index (κ3) is 4.09. The number of benzene rings is 1. The Labute approximate surface area is 156 Å². The molecule has 0 aliphatic carbocycles. The number of ether oxygens (including phenoxy) is 2. The number of hydrogen-bond donors (Lipinski definition) is 1. The maximum Gasteiger partial charge on any atom is 0.338 e. The first-order chi connectivity index (χ1) is 12.6. The summed E-state index contributed by atoms with van der Waals surface area (Å²) >= 11 is 3.10. The Morgan fingerprint density at radius 2 is 2.04 bits per heavy atom. The van der Waals surface area contributed by atoms with Gasteiger partial charge in [-0.2, -0.15) is 0 Å².